The second-order valence-corrected chi connectivity index (χ2v) is 7.24. The third-order valence-corrected chi connectivity index (χ3v) is 4.92. The van der Waals surface area contributed by atoms with E-state index in [-0.39, 0.29) is 6.10 Å². The van der Waals surface area contributed by atoms with Crippen LogP contribution in [0.1, 0.15) is 70.1 Å². The van der Waals surface area contributed by atoms with Gasteiger partial charge in [0.25, 0.3) is 0 Å². The van der Waals surface area contributed by atoms with Crippen LogP contribution in [0.15, 0.2) is 24.3 Å². The highest BCUT2D eigenvalue weighted by molar-refractivity contribution is 5.24. The molecule has 1 heterocycles. The van der Waals surface area contributed by atoms with Crippen LogP contribution in [0, 0.1) is 5.92 Å². The van der Waals surface area contributed by atoms with Gasteiger partial charge in [-0.15, -0.1) is 0 Å². The van der Waals surface area contributed by atoms with Crippen LogP contribution in [0.4, 0.5) is 0 Å². The lowest BCUT2D eigenvalue weighted by atomic mass is 9.97. The summed E-state index contributed by atoms with van der Waals surface area (Å²) in [6.45, 7) is 9.00. The number of piperidine rings is 1. The van der Waals surface area contributed by atoms with E-state index in [1.54, 1.807) is 0 Å². The minimum Gasteiger partial charge on any atom is -0.388 e. The van der Waals surface area contributed by atoms with Gasteiger partial charge in [-0.25, -0.2) is 0 Å². The van der Waals surface area contributed by atoms with Crippen molar-refractivity contribution in [2.24, 2.45) is 5.92 Å². The first-order chi connectivity index (χ1) is 10.6. The molecule has 2 rings (SSSR count). The zero-order valence-corrected chi connectivity index (χ0v) is 14.6. The van der Waals surface area contributed by atoms with E-state index in [2.05, 4.69) is 49.9 Å². The van der Waals surface area contributed by atoms with Crippen LogP contribution in [0.25, 0.3) is 0 Å². The smallest absolute Gasteiger partial charge is 0.0802 e. The molecule has 124 valence electrons. The maximum Gasteiger partial charge on any atom is 0.0802 e. The maximum atomic E-state index is 10.5. The van der Waals surface area contributed by atoms with E-state index in [0.29, 0.717) is 5.92 Å². The summed E-state index contributed by atoms with van der Waals surface area (Å²) in [6.07, 6.45) is 6.89. The average Bonchev–Trinajstić information content (AvgIpc) is 2.53. The second kappa shape index (κ2) is 8.69. The molecule has 1 aliphatic rings. The van der Waals surface area contributed by atoms with E-state index >= 15 is 0 Å². The summed E-state index contributed by atoms with van der Waals surface area (Å²) in [7, 11) is 0. The van der Waals surface area contributed by atoms with Crippen molar-refractivity contribution in [3.05, 3.63) is 35.4 Å². The van der Waals surface area contributed by atoms with Crippen LogP contribution >= 0.6 is 0 Å². The number of aliphatic hydroxyl groups is 1. The van der Waals surface area contributed by atoms with E-state index in [0.717, 1.165) is 31.0 Å². The Balaban J connectivity index is 1.84. The van der Waals surface area contributed by atoms with Gasteiger partial charge in [0.1, 0.15) is 0 Å². The summed E-state index contributed by atoms with van der Waals surface area (Å²) in [5.41, 5.74) is 2.44. The Bertz CT molecular complexity index is 426. The molecule has 0 bridgehead atoms. The Morgan fingerprint density at radius 2 is 1.91 bits per heavy atom. The van der Waals surface area contributed by atoms with Gasteiger partial charge in [0.2, 0.25) is 0 Å². The van der Waals surface area contributed by atoms with Crippen molar-refractivity contribution in [2.45, 2.75) is 71.4 Å². The van der Waals surface area contributed by atoms with Crippen molar-refractivity contribution in [3.8, 4) is 0 Å². The Morgan fingerprint density at radius 1 is 1.18 bits per heavy atom. The molecule has 2 heteroatoms. The van der Waals surface area contributed by atoms with Crippen LogP contribution in [-0.4, -0.2) is 29.1 Å². The molecule has 1 aromatic rings. The maximum absolute atomic E-state index is 10.5. The third-order valence-electron chi connectivity index (χ3n) is 4.92. The number of rotatable bonds is 7. The summed E-state index contributed by atoms with van der Waals surface area (Å²) in [4.78, 5) is 2.58. The largest absolute Gasteiger partial charge is 0.388 e. The summed E-state index contributed by atoms with van der Waals surface area (Å²) in [5.74, 6) is 0.681. The van der Waals surface area contributed by atoms with Crippen LogP contribution in [0.3, 0.4) is 0 Å². The minimum atomic E-state index is -0.326. The second-order valence-electron chi connectivity index (χ2n) is 7.24. The monoisotopic (exact) mass is 303 g/mol. The predicted octanol–water partition coefficient (Wildman–Crippen LogP) is 4.57. The fourth-order valence-electron chi connectivity index (χ4n) is 3.62. The van der Waals surface area contributed by atoms with Crippen LogP contribution in [0.5, 0.6) is 0 Å². The number of hydrogen-bond donors (Lipinski definition) is 1. The lowest BCUT2D eigenvalue weighted by Gasteiger charge is -2.35. The minimum absolute atomic E-state index is 0.326. The molecular formula is C20H33NO. The Kier molecular flexibility index (Phi) is 6.91. The first kappa shape index (κ1) is 17.5. The normalized spacial score (nSPS) is 21.2. The molecule has 1 aliphatic heterocycles. The molecular weight excluding hydrogens is 270 g/mol. The Morgan fingerprint density at radius 3 is 2.55 bits per heavy atom. The van der Waals surface area contributed by atoms with Crippen molar-refractivity contribution in [2.75, 3.05) is 13.1 Å². The van der Waals surface area contributed by atoms with Gasteiger partial charge >= 0.3 is 0 Å². The molecule has 0 amide bonds. The summed E-state index contributed by atoms with van der Waals surface area (Å²) >= 11 is 0. The van der Waals surface area contributed by atoms with Crippen molar-refractivity contribution in [1.82, 2.24) is 4.90 Å². The van der Waals surface area contributed by atoms with Crippen LogP contribution in [-0.2, 0) is 6.42 Å². The van der Waals surface area contributed by atoms with Crippen molar-refractivity contribution >= 4 is 0 Å². The molecule has 0 aliphatic carbocycles. The quantitative estimate of drug-likeness (QED) is 0.797. The number of benzene rings is 1. The highest BCUT2D eigenvalue weighted by Gasteiger charge is 2.21. The van der Waals surface area contributed by atoms with Crippen molar-refractivity contribution in [3.63, 3.8) is 0 Å². The highest BCUT2D eigenvalue weighted by atomic mass is 16.3. The van der Waals surface area contributed by atoms with Gasteiger partial charge in [-0.3, -0.25) is 0 Å². The van der Waals surface area contributed by atoms with Crippen molar-refractivity contribution in [1.29, 1.82) is 0 Å². The SMILES string of the molecule is CCC1CCCCN1CCC(O)c1ccc(CC(C)C)cc1. The molecule has 0 radical (unpaired) electrons. The van der Waals surface area contributed by atoms with Crippen molar-refractivity contribution < 1.29 is 5.11 Å². The average molecular weight is 303 g/mol. The Labute approximate surface area is 136 Å². The standard InChI is InChI=1S/C20H33NO/c1-4-19-7-5-6-13-21(19)14-12-20(22)18-10-8-17(9-11-18)15-16(2)3/h8-11,16,19-20,22H,4-7,12-15H2,1-3H3. The van der Waals surface area contributed by atoms with Gasteiger partial charge in [0, 0.05) is 12.6 Å². The molecule has 2 nitrogen and oxygen atoms in total. The molecule has 0 aromatic heterocycles. The molecule has 1 saturated heterocycles. The highest BCUT2D eigenvalue weighted by Crippen LogP contribution is 2.23. The zero-order valence-electron chi connectivity index (χ0n) is 14.6. The fourth-order valence-corrected chi connectivity index (χ4v) is 3.62. The summed E-state index contributed by atoms with van der Waals surface area (Å²) < 4.78 is 0. The number of nitrogens with zero attached hydrogens (tertiary/aromatic N) is 1. The molecule has 22 heavy (non-hydrogen) atoms. The number of hydrogen-bond acceptors (Lipinski definition) is 2. The lowest BCUT2D eigenvalue weighted by molar-refractivity contribution is 0.101. The molecule has 0 saturated carbocycles. The topological polar surface area (TPSA) is 23.5 Å². The molecule has 1 aromatic carbocycles. The van der Waals surface area contributed by atoms with Crippen LogP contribution in [0.2, 0.25) is 0 Å². The molecule has 2 atom stereocenters. The van der Waals surface area contributed by atoms with Gasteiger partial charge in [0.05, 0.1) is 6.10 Å². The first-order valence-electron chi connectivity index (χ1n) is 9.11. The van der Waals surface area contributed by atoms with E-state index in [4.69, 9.17) is 0 Å². The lowest BCUT2D eigenvalue weighted by Crippen LogP contribution is -2.40. The van der Waals surface area contributed by atoms with Crippen LogP contribution < -0.4 is 0 Å². The predicted molar refractivity (Wildman–Crippen MR) is 94.1 cm³/mol. The fraction of sp³-hybridized carbons (Fsp3) is 0.700. The van der Waals surface area contributed by atoms with Gasteiger partial charge in [-0.2, -0.15) is 0 Å². The van der Waals surface area contributed by atoms with Gasteiger partial charge in [0.15, 0.2) is 0 Å². The molecule has 1 fully saturated rings. The number of aliphatic hydroxyl groups excluding tert-OH is 1. The van der Waals surface area contributed by atoms with Gasteiger partial charge in [-0.05, 0) is 55.7 Å². The van der Waals surface area contributed by atoms with Gasteiger partial charge < -0.3 is 10.0 Å². The van der Waals surface area contributed by atoms with E-state index in [1.165, 1.54) is 37.8 Å². The zero-order chi connectivity index (χ0) is 15.9. The molecule has 0 spiro atoms. The molecule has 1 N–H and O–H groups in total. The third kappa shape index (κ3) is 5.10. The molecule has 2 unspecified atom stereocenters. The number of likely N-dealkylation sites (tertiary alicyclic amines) is 1. The summed E-state index contributed by atoms with van der Waals surface area (Å²) in [6, 6.07) is 9.29. The van der Waals surface area contributed by atoms with E-state index in [1.807, 2.05) is 0 Å². The van der Waals surface area contributed by atoms with Gasteiger partial charge in [-0.1, -0.05) is 51.5 Å². The Hall–Kier alpha value is -0.860. The van der Waals surface area contributed by atoms with E-state index < -0.39 is 0 Å². The summed E-state index contributed by atoms with van der Waals surface area (Å²) in [5, 5.41) is 10.5. The first-order valence-corrected chi connectivity index (χ1v) is 9.11. The van der Waals surface area contributed by atoms with E-state index in [9.17, 15) is 5.11 Å².